The number of ether oxygens (including phenoxy) is 1. The third kappa shape index (κ3) is 1.70. The van der Waals surface area contributed by atoms with Crippen molar-refractivity contribution in [3.63, 3.8) is 0 Å². The maximum atomic E-state index is 11.2. The molecule has 18 heavy (non-hydrogen) atoms. The van der Waals surface area contributed by atoms with Gasteiger partial charge in [0, 0.05) is 12.4 Å². The highest BCUT2D eigenvalue weighted by molar-refractivity contribution is 6.30. The fourth-order valence-corrected chi connectivity index (χ4v) is 2.02. The first-order chi connectivity index (χ1) is 8.65. The minimum Gasteiger partial charge on any atom is -0.475 e. The second-order valence-corrected chi connectivity index (χ2v) is 4.30. The van der Waals surface area contributed by atoms with Crippen LogP contribution in [-0.2, 0) is 6.54 Å². The molecule has 0 aromatic carbocycles. The van der Waals surface area contributed by atoms with Crippen molar-refractivity contribution in [2.24, 2.45) is 5.73 Å². The summed E-state index contributed by atoms with van der Waals surface area (Å²) in [7, 11) is 0. The topological polar surface area (TPSA) is 83.0 Å². The molecule has 0 bridgehead atoms. The molecule has 0 spiro atoms. The molecule has 3 heterocycles. The van der Waals surface area contributed by atoms with Crippen LogP contribution in [0.25, 0.3) is 11.4 Å². The van der Waals surface area contributed by atoms with Crippen molar-refractivity contribution in [3.8, 4) is 17.3 Å². The van der Waals surface area contributed by atoms with Gasteiger partial charge in [-0.25, -0.2) is 9.97 Å². The number of nitrogens with zero attached hydrogens (tertiary/aromatic N) is 3. The summed E-state index contributed by atoms with van der Waals surface area (Å²) in [4.78, 5) is 19.5. The lowest BCUT2D eigenvalue weighted by molar-refractivity contribution is 0.0996. The number of nitrogens with two attached hydrogens (primary N) is 1. The van der Waals surface area contributed by atoms with E-state index in [-0.39, 0.29) is 5.69 Å². The highest BCUT2D eigenvalue weighted by Gasteiger charge is 2.21. The van der Waals surface area contributed by atoms with E-state index in [0.29, 0.717) is 35.4 Å². The molecule has 0 atom stereocenters. The number of carbonyl (C=O) groups is 1. The lowest BCUT2D eigenvalue weighted by Gasteiger charge is -2.04. The number of fused-ring (bicyclic) bond motifs is 3. The number of carbonyl (C=O) groups excluding carboxylic acids is 1. The van der Waals surface area contributed by atoms with Crippen LogP contribution >= 0.6 is 11.6 Å². The van der Waals surface area contributed by atoms with Gasteiger partial charge < -0.3 is 15.0 Å². The quantitative estimate of drug-likeness (QED) is 0.836. The highest BCUT2D eigenvalue weighted by Crippen LogP contribution is 2.31. The molecule has 0 unspecified atom stereocenters. The average Bonchev–Trinajstić information content (AvgIpc) is 2.68. The van der Waals surface area contributed by atoms with Gasteiger partial charge >= 0.3 is 0 Å². The molecule has 0 fully saturated rings. The second kappa shape index (κ2) is 3.99. The molecule has 7 heteroatoms. The van der Waals surface area contributed by atoms with E-state index in [1.54, 1.807) is 12.3 Å². The molecule has 2 N–H and O–H groups in total. The van der Waals surface area contributed by atoms with E-state index >= 15 is 0 Å². The number of rotatable bonds is 1. The molecule has 0 saturated carbocycles. The molecule has 92 valence electrons. The number of pyridine rings is 1. The molecule has 1 aliphatic rings. The maximum absolute atomic E-state index is 11.2. The Balaban J connectivity index is 2.22. The lowest BCUT2D eigenvalue weighted by Crippen LogP contribution is -2.11. The number of hydrogen-bond donors (Lipinski definition) is 1. The molecule has 0 aliphatic carbocycles. The SMILES string of the molecule is NC(=O)c1cn2c(n1)-c1cc(Cl)cnc1OCC2. The van der Waals surface area contributed by atoms with Crippen LogP contribution in [0.5, 0.6) is 5.88 Å². The van der Waals surface area contributed by atoms with Gasteiger partial charge in [0.15, 0.2) is 0 Å². The molecule has 0 radical (unpaired) electrons. The zero-order valence-corrected chi connectivity index (χ0v) is 10.0. The fraction of sp³-hybridized carbons (Fsp3) is 0.182. The van der Waals surface area contributed by atoms with Gasteiger partial charge in [-0.2, -0.15) is 0 Å². The van der Waals surface area contributed by atoms with Gasteiger partial charge in [0.1, 0.15) is 18.1 Å². The first-order valence-electron chi connectivity index (χ1n) is 5.31. The summed E-state index contributed by atoms with van der Waals surface area (Å²) in [5.41, 5.74) is 6.11. The summed E-state index contributed by atoms with van der Waals surface area (Å²) < 4.78 is 7.31. The van der Waals surface area contributed by atoms with Gasteiger partial charge in [0.05, 0.1) is 17.1 Å². The predicted molar refractivity (Wildman–Crippen MR) is 64.5 cm³/mol. The zero-order chi connectivity index (χ0) is 12.7. The van der Waals surface area contributed by atoms with Crippen molar-refractivity contribution in [1.82, 2.24) is 14.5 Å². The van der Waals surface area contributed by atoms with Gasteiger partial charge in [-0.15, -0.1) is 0 Å². The van der Waals surface area contributed by atoms with Crippen LogP contribution in [0.2, 0.25) is 5.02 Å². The molecule has 3 rings (SSSR count). The third-order valence-electron chi connectivity index (χ3n) is 2.66. The van der Waals surface area contributed by atoms with E-state index in [2.05, 4.69) is 9.97 Å². The number of hydrogen-bond acceptors (Lipinski definition) is 4. The van der Waals surface area contributed by atoms with E-state index in [1.165, 1.54) is 6.20 Å². The molecule has 1 amide bonds. The molecule has 1 aliphatic heterocycles. The number of halogens is 1. The standard InChI is InChI=1S/C11H9ClN4O2/c12-6-3-7-10-15-8(9(13)17)5-16(10)1-2-18-11(7)14-4-6/h3-5H,1-2H2,(H2,13,17). The van der Waals surface area contributed by atoms with Crippen molar-refractivity contribution in [1.29, 1.82) is 0 Å². The summed E-state index contributed by atoms with van der Waals surface area (Å²) >= 11 is 5.92. The van der Waals surface area contributed by atoms with Gasteiger partial charge in [-0.1, -0.05) is 11.6 Å². The number of imidazole rings is 1. The number of primary amides is 1. The second-order valence-electron chi connectivity index (χ2n) is 3.86. The lowest BCUT2D eigenvalue weighted by atomic mass is 10.2. The minimum absolute atomic E-state index is 0.220. The van der Waals surface area contributed by atoms with Crippen LogP contribution < -0.4 is 10.5 Å². The van der Waals surface area contributed by atoms with E-state index in [0.717, 1.165) is 0 Å². The smallest absolute Gasteiger partial charge is 0.268 e. The first kappa shape index (κ1) is 11.0. The molecule has 6 nitrogen and oxygen atoms in total. The number of aromatic nitrogens is 3. The Kier molecular flexibility index (Phi) is 2.45. The normalized spacial score (nSPS) is 13.2. The van der Waals surface area contributed by atoms with Crippen LogP contribution in [-0.4, -0.2) is 27.0 Å². The highest BCUT2D eigenvalue weighted by atomic mass is 35.5. The molecule has 2 aromatic rings. The summed E-state index contributed by atoms with van der Waals surface area (Å²) in [6, 6.07) is 1.71. The average molecular weight is 265 g/mol. The zero-order valence-electron chi connectivity index (χ0n) is 9.26. The van der Waals surface area contributed by atoms with Crippen LogP contribution in [0, 0.1) is 0 Å². The monoisotopic (exact) mass is 264 g/mol. The summed E-state index contributed by atoms with van der Waals surface area (Å²) in [5.74, 6) is 0.485. The van der Waals surface area contributed by atoms with Crippen LogP contribution in [0.1, 0.15) is 10.5 Å². The van der Waals surface area contributed by atoms with Crippen molar-refractivity contribution in [3.05, 3.63) is 29.2 Å². The molecular weight excluding hydrogens is 256 g/mol. The Bertz CT molecular complexity index is 638. The van der Waals surface area contributed by atoms with E-state index < -0.39 is 5.91 Å². The Morgan fingerprint density at radius 2 is 2.39 bits per heavy atom. The van der Waals surface area contributed by atoms with Crippen molar-refractivity contribution >= 4 is 17.5 Å². The Morgan fingerprint density at radius 3 is 3.17 bits per heavy atom. The minimum atomic E-state index is -0.562. The Hall–Kier alpha value is -2.08. The molecule has 0 saturated heterocycles. The summed E-state index contributed by atoms with van der Waals surface area (Å²) in [5, 5.41) is 0.481. The summed E-state index contributed by atoms with van der Waals surface area (Å²) in [6.07, 6.45) is 3.12. The third-order valence-corrected chi connectivity index (χ3v) is 2.87. The van der Waals surface area contributed by atoms with E-state index in [9.17, 15) is 4.79 Å². The van der Waals surface area contributed by atoms with E-state index in [4.69, 9.17) is 22.1 Å². The van der Waals surface area contributed by atoms with Crippen LogP contribution in [0.4, 0.5) is 0 Å². The van der Waals surface area contributed by atoms with Crippen LogP contribution in [0.3, 0.4) is 0 Å². The maximum Gasteiger partial charge on any atom is 0.268 e. The van der Waals surface area contributed by atoms with Crippen molar-refractivity contribution in [2.75, 3.05) is 6.61 Å². The van der Waals surface area contributed by atoms with E-state index in [1.807, 2.05) is 4.57 Å². The molecule has 2 aromatic heterocycles. The Labute approximate surface area is 107 Å². The van der Waals surface area contributed by atoms with Crippen LogP contribution in [0.15, 0.2) is 18.5 Å². The largest absolute Gasteiger partial charge is 0.475 e. The Morgan fingerprint density at radius 1 is 1.56 bits per heavy atom. The number of amides is 1. The fourth-order valence-electron chi connectivity index (χ4n) is 1.86. The molecular formula is C11H9ClN4O2. The van der Waals surface area contributed by atoms with Crippen molar-refractivity contribution < 1.29 is 9.53 Å². The van der Waals surface area contributed by atoms with Gasteiger partial charge in [0.2, 0.25) is 5.88 Å². The van der Waals surface area contributed by atoms with Gasteiger partial charge in [-0.05, 0) is 6.07 Å². The van der Waals surface area contributed by atoms with Gasteiger partial charge in [-0.3, -0.25) is 4.79 Å². The first-order valence-corrected chi connectivity index (χ1v) is 5.68. The van der Waals surface area contributed by atoms with Gasteiger partial charge in [0.25, 0.3) is 5.91 Å². The predicted octanol–water partition coefficient (Wildman–Crippen LogP) is 1.09. The van der Waals surface area contributed by atoms with Crippen molar-refractivity contribution in [2.45, 2.75) is 6.54 Å². The summed E-state index contributed by atoms with van der Waals surface area (Å²) in [6.45, 7) is 1.02.